The number of phenolic OH excluding ortho intramolecular Hbond substituents is 1. The molecule has 1 rings (SSSR count). The molecule has 0 radical (unpaired) electrons. The number of nitrogens with zero attached hydrogens (tertiary/aromatic N) is 1. The second kappa shape index (κ2) is 25.6. The number of aryl methyl sites for hydroxylation is 1. The van der Waals surface area contributed by atoms with Crippen molar-refractivity contribution in [2.45, 2.75) is 143 Å². The van der Waals surface area contributed by atoms with Crippen molar-refractivity contribution in [2.75, 3.05) is 19.6 Å². The number of phenols is 1. The number of hydrogen-bond acceptors (Lipinski definition) is 2. The highest BCUT2D eigenvalue weighted by Crippen LogP contribution is 2.11. The number of benzene rings is 1. The van der Waals surface area contributed by atoms with Gasteiger partial charge in [0.05, 0.1) is 0 Å². The molecular formula is C31H59NO. The average Bonchev–Trinajstić information content (AvgIpc) is 2.80. The average molecular weight is 462 g/mol. The molecule has 0 aliphatic carbocycles. The normalized spacial score (nSPS) is 10.9. The van der Waals surface area contributed by atoms with Crippen molar-refractivity contribution in [3.8, 4) is 5.75 Å². The summed E-state index contributed by atoms with van der Waals surface area (Å²) in [7, 11) is 0. The summed E-state index contributed by atoms with van der Waals surface area (Å²) in [6, 6.07) is 7.15. The van der Waals surface area contributed by atoms with E-state index in [1.54, 1.807) is 12.1 Å². The van der Waals surface area contributed by atoms with Crippen molar-refractivity contribution in [1.82, 2.24) is 4.90 Å². The lowest BCUT2D eigenvalue weighted by atomic mass is 10.1. The Morgan fingerprint density at radius 3 is 1.21 bits per heavy atom. The van der Waals surface area contributed by atoms with Gasteiger partial charge in [-0.05, 0) is 63.5 Å². The van der Waals surface area contributed by atoms with Crippen molar-refractivity contribution in [1.29, 1.82) is 0 Å². The standard InChI is InChI=1S/C24H51N.C7H8O/c1-4-7-10-13-16-19-22-25(23-20-17-14-11-8-5-2)24-21-18-15-12-9-6-3;1-6-3-2-4-7(8)5-6/h4-24H2,1-3H3;2-5,8H,1H3. The summed E-state index contributed by atoms with van der Waals surface area (Å²) in [5.41, 5.74) is 1.09. The van der Waals surface area contributed by atoms with Gasteiger partial charge in [0.1, 0.15) is 5.75 Å². The minimum atomic E-state index is 0.338. The smallest absolute Gasteiger partial charge is 0.115 e. The molecular weight excluding hydrogens is 402 g/mol. The molecule has 2 nitrogen and oxygen atoms in total. The molecule has 1 aromatic carbocycles. The lowest BCUT2D eigenvalue weighted by Gasteiger charge is -2.22. The lowest BCUT2D eigenvalue weighted by Crippen LogP contribution is -2.27. The van der Waals surface area contributed by atoms with Crippen LogP contribution in [0.5, 0.6) is 5.75 Å². The second-order valence-electron chi connectivity index (χ2n) is 9.98. The van der Waals surface area contributed by atoms with E-state index in [0.717, 1.165) is 5.56 Å². The summed E-state index contributed by atoms with van der Waals surface area (Å²) in [5.74, 6) is 0.338. The van der Waals surface area contributed by atoms with Crippen LogP contribution in [0.15, 0.2) is 24.3 Å². The summed E-state index contributed by atoms with van der Waals surface area (Å²) in [4.78, 5) is 2.79. The van der Waals surface area contributed by atoms with Gasteiger partial charge >= 0.3 is 0 Å². The van der Waals surface area contributed by atoms with Crippen LogP contribution < -0.4 is 0 Å². The van der Waals surface area contributed by atoms with E-state index < -0.39 is 0 Å². The van der Waals surface area contributed by atoms with Crippen molar-refractivity contribution >= 4 is 0 Å². The number of rotatable bonds is 21. The SMILES string of the molecule is CCCCCCCCN(CCCCCCCC)CCCCCCCC.Cc1cccc(O)c1. The molecule has 0 aliphatic rings. The molecule has 0 saturated carbocycles. The zero-order valence-corrected chi connectivity index (χ0v) is 23.1. The third kappa shape index (κ3) is 23.9. The summed E-state index contributed by atoms with van der Waals surface area (Å²) in [6.45, 7) is 12.9. The first kappa shape index (κ1) is 32.0. The topological polar surface area (TPSA) is 23.5 Å². The molecule has 33 heavy (non-hydrogen) atoms. The van der Waals surface area contributed by atoms with Gasteiger partial charge in [0.2, 0.25) is 0 Å². The Kier molecular flexibility index (Phi) is 24.8. The van der Waals surface area contributed by atoms with Crippen LogP contribution in [-0.4, -0.2) is 29.6 Å². The summed E-state index contributed by atoms with van der Waals surface area (Å²) in [6.07, 6.45) is 25.7. The quantitative estimate of drug-likeness (QED) is 0.184. The highest BCUT2D eigenvalue weighted by molar-refractivity contribution is 5.25. The van der Waals surface area contributed by atoms with E-state index in [4.69, 9.17) is 5.11 Å². The summed E-state index contributed by atoms with van der Waals surface area (Å²) >= 11 is 0. The lowest BCUT2D eigenvalue weighted by molar-refractivity contribution is 0.254. The largest absolute Gasteiger partial charge is 0.508 e. The van der Waals surface area contributed by atoms with Gasteiger partial charge in [-0.25, -0.2) is 0 Å². The minimum Gasteiger partial charge on any atom is -0.508 e. The van der Waals surface area contributed by atoms with E-state index in [2.05, 4.69) is 25.7 Å². The van der Waals surface area contributed by atoms with E-state index in [0.29, 0.717) is 5.75 Å². The second-order valence-corrected chi connectivity index (χ2v) is 9.98. The number of hydrogen-bond donors (Lipinski definition) is 1. The van der Waals surface area contributed by atoms with Crippen LogP contribution in [0.1, 0.15) is 142 Å². The Labute approximate surface area is 208 Å². The summed E-state index contributed by atoms with van der Waals surface area (Å²) < 4.78 is 0. The predicted molar refractivity (Wildman–Crippen MR) is 149 cm³/mol. The van der Waals surface area contributed by atoms with Crippen LogP contribution in [0, 0.1) is 6.92 Å². The molecule has 0 spiro atoms. The molecule has 0 aliphatic heterocycles. The Bertz CT molecular complexity index is 446. The van der Waals surface area contributed by atoms with Gasteiger partial charge < -0.3 is 10.0 Å². The third-order valence-corrected chi connectivity index (χ3v) is 6.49. The van der Waals surface area contributed by atoms with Gasteiger partial charge in [-0.15, -0.1) is 0 Å². The van der Waals surface area contributed by atoms with Crippen molar-refractivity contribution < 1.29 is 5.11 Å². The first-order valence-corrected chi connectivity index (χ1v) is 14.6. The van der Waals surface area contributed by atoms with Gasteiger partial charge in [-0.2, -0.15) is 0 Å². The van der Waals surface area contributed by atoms with Gasteiger partial charge in [-0.1, -0.05) is 129 Å². The van der Waals surface area contributed by atoms with Crippen LogP contribution in [0.25, 0.3) is 0 Å². The zero-order chi connectivity index (χ0) is 24.4. The summed E-state index contributed by atoms with van der Waals surface area (Å²) in [5, 5.41) is 8.81. The molecule has 194 valence electrons. The van der Waals surface area contributed by atoms with Gasteiger partial charge in [0.25, 0.3) is 0 Å². The molecule has 0 aromatic heterocycles. The fourth-order valence-corrected chi connectivity index (χ4v) is 4.31. The van der Waals surface area contributed by atoms with Crippen molar-refractivity contribution in [2.24, 2.45) is 0 Å². The molecule has 1 N–H and O–H groups in total. The van der Waals surface area contributed by atoms with E-state index in [9.17, 15) is 0 Å². The fourth-order valence-electron chi connectivity index (χ4n) is 4.31. The monoisotopic (exact) mass is 461 g/mol. The molecule has 1 aromatic rings. The van der Waals surface area contributed by atoms with E-state index in [-0.39, 0.29) is 0 Å². The highest BCUT2D eigenvalue weighted by atomic mass is 16.3. The van der Waals surface area contributed by atoms with Gasteiger partial charge in [-0.3, -0.25) is 0 Å². The Hall–Kier alpha value is -1.02. The minimum absolute atomic E-state index is 0.338. The number of aromatic hydroxyl groups is 1. The predicted octanol–water partition coefficient (Wildman–Crippen LogP) is 10.1. The molecule has 0 amide bonds. The molecule has 0 atom stereocenters. The zero-order valence-electron chi connectivity index (χ0n) is 23.1. The molecule has 2 heteroatoms. The van der Waals surface area contributed by atoms with Crippen LogP contribution in [-0.2, 0) is 0 Å². The van der Waals surface area contributed by atoms with E-state index in [1.165, 1.54) is 135 Å². The number of unbranched alkanes of at least 4 members (excludes halogenated alkanes) is 15. The molecule has 0 unspecified atom stereocenters. The molecule has 0 bridgehead atoms. The first-order valence-electron chi connectivity index (χ1n) is 14.6. The molecule has 0 saturated heterocycles. The van der Waals surface area contributed by atoms with Crippen LogP contribution >= 0.6 is 0 Å². The Morgan fingerprint density at radius 1 is 0.545 bits per heavy atom. The highest BCUT2D eigenvalue weighted by Gasteiger charge is 2.05. The maximum absolute atomic E-state index is 8.81. The first-order chi connectivity index (χ1) is 16.1. The van der Waals surface area contributed by atoms with E-state index >= 15 is 0 Å². The van der Waals surface area contributed by atoms with Gasteiger partial charge in [0.15, 0.2) is 0 Å². The van der Waals surface area contributed by atoms with Crippen LogP contribution in [0.3, 0.4) is 0 Å². The van der Waals surface area contributed by atoms with Crippen LogP contribution in [0.4, 0.5) is 0 Å². The maximum atomic E-state index is 8.81. The van der Waals surface area contributed by atoms with Crippen molar-refractivity contribution in [3.05, 3.63) is 29.8 Å². The maximum Gasteiger partial charge on any atom is 0.115 e. The van der Waals surface area contributed by atoms with Crippen molar-refractivity contribution in [3.63, 3.8) is 0 Å². The Morgan fingerprint density at radius 2 is 0.909 bits per heavy atom. The molecule has 0 fully saturated rings. The Balaban J connectivity index is 0.00000106. The van der Waals surface area contributed by atoms with E-state index in [1.807, 2.05) is 19.1 Å². The van der Waals surface area contributed by atoms with Gasteiger partial charge in [0, 0.05) is 0 Å². The third-order valence-electron chi connectivity index (χ3n) is 6.49. The molecule has 0 heterocycles. The van der Waals surface area contributed by atoms with Crippen LogP contribution in [0.2, 0.25) is 0 Å². The fraction of sp³-hybridized carbons (Fsp3) is 0.806.